The van der Waals surface area contributed by atoms with Gasteiger partial charge in [-0.15, -0.1) is 0 Å². The highest BCUT2D eigenvalue weighted by molar-refractivity contribution is 7.92. The number of benzene rings is 3. The summed E-state index contributed by atoms with van der Waals surface area (Å²) < 4.78 is 33.1. The van der Waals surface area contributed by atoms with Gasteiger partial charge in [0.1, 0.15) is 11.5 Å². The fraction of sp³-hybridized carbons (Fsp3) is 0. The van der Waals surface area contributed by atoms with Crippen LogP contribution in [0.25, 0.3) is 0 Å². The third-order valence-electron chi connectivity index (χ3n) is 3.55. The van der Waals surface area contributed by atoms with E-state index in [-0.39, 0.29) is 16.1 Å². The molecular weight excluding hydrogens is 352 g/mol. The molecule has 6 nitrogen and oxygen atoms in total. The number of amides is 1. The van der Waals surface area contributed by atoms with Crippen molar-refractivity contribution in [1.29, 1.82) is 0 Å². The molecule has 132 valence electrons. The minimum Gasteiger partial charge on any atom is -0.457 e. The lowest BCUT2D eigenvalue weighted by Crippen LogP contribution is -2.18. The van der Waals surface area contributed by atoms with Crippen LogP contribution in [0.4, 0.5) is 5.69 Å². The van der Waals surface area contributed by atoms with Crippen molar-refractivity contribution >= 4 is 21.6 Å². The SMILES string of the molecule is NC(=O)c1ccccc1NS(=O)(=O)c1ccc(Oc2ccccc2)cc1. The van der Waals surface area contributed by atoms with E-state index in [2.05, 4.69) is 4.72 Å². The Morgan fingerprint density at radius 1 is 0.808 bits per heavy atom. The van der Waals surface area contributed by atoms with Crippen molar-refractivity contribution in [3.05, 3.63) is 84.4 Å². The lowest BCUT2D eigenvalue weighted by molar-refractivity contribution is 0.100. The second-order valence-corrected chi connectivity index (χ2v) is 7.08. The van der Waals surface area contributed by atoms with Crippen molar-refractivity contribution in [2.45, 2.75) is 4.90 Å². The second-order valence-electron chi connectivity index (χ2n) is 5.40. The summed E-state index contributed by atoms with van der Waals surface area (Å²) in [5.74, 6) is 0.444. The van der Waals surface area contributed by atoms with Gasteiger partial charge < -0.3 is 10.5 Å². The molecule has 3 aromatic rings. The number of anilines is 1. The first kappa shape index (κ1) is 17.5. The van der Waals surface area contributed by atoms with Gasteiger partial charge in [-0.25, -0.2) is 8.42 Å². The maximum Gasteiger partial charge on any atom is 0.261 e. The number of rotatable bonds is 6. The average Bonchev–Trinajstić information content (AvgIpc) is 2.63. The Bertz CT molecular complexity index is 1020. The molecule has 0 radical (unpaired) electrons. The summed E-state index contributed by atoms with van der Waals surface area (Å²) in [7, 11) is -3.87. The molecule has 0 bridgehead atoms. The van der Waals surface area contributed by atoms with Crippen molar-refractivity contribution in [1.82, 2.24) is 0 Å². The molecule has 0 aliphatic rings. The maximum atomic E-state index is 12.5. The number of sulfonamides is 1. The summed E-state index contributed by atoms with van der Waals surface area (Å²) in [6.07, 6.45) is 0. The number of carbonyl (C=O) groups is 1. The fourth-order valence-electron chi connectivity index (χ4n) is 2.30. The number of nitrogens with two attached hydrogens (primary N) is 1. The third kappa shape index (κ3) is 4.01. The minimum absolute atomic E-state index is 0.0391. The van der Waals surface area contributed by atoms with Crippen molar-refractivity contribution in [2.24, 2.45) is 5.73 Å². The minimum atomic E-state index is -3.87. The van der Waals surface area contributed by atoms with Gasteiger partial charge in [-0.3, -0.25) is 9.52 Å². The zero-order valence-electron chi connectivity index (χ0n) is 13.6. The molecule has 0 fully saturated rings. The molecule has 3 aromatic carbocycles. The highest BCUT2D eigenvalue weighted by Crippen LogP contribution is 2.24. The Balaban J connectivity index is 1.81. The summed E-state index contributed by atoms with van der Waals surface area (Å²) in [4.78, 5) is 11.5. The first-order valence-electron chi connectivity index (χ1n) is 7.70. The van der Waals surface area contributed by atoms with Gasteiger partial charge >= 0.3 is 0 Å². The van der Waals surface area contributed by atoms with E-state index in [1.807, 2.05) is 18.2 Å². The van der Waals surface area contributed by atoms with Gasteiger partial charge in [0, 0.05) is 0 Å². The molecule has 0 saturated heterocycles. The predicted octanol–water partition coefficient (Wildman–Crippen LogP) is 3.38. The molecule has 0 aliphatic heterocycles. The van der Waals surface area contributed by atoms with Crippen LogP contribution in [0.2, 0.25) is 0 Å². The molecule has 7 heteroatoms. The molecule has 1 amide bonds. The van der Waals surface area contributed by atoms with E-state index in [9.17, 15) is 13.2 Å². The lowest BCUT2D eigenvalue weighted by Gasteiger charge is -2.11. The Hall–Kier alpha value is -3.32. The van der Waals surface area contributed by atoms with Crippen LogP contribution < -0.4 is 15.2 Å². The van der Waals surface area contributed by atoms with E-state index < -0.39 is 15.9 Å². The summed E-state index contributed by atoms with van der Waals surface area (Å²) in [6, 6.07) is 21.3. The van der Waals surface area contributed by atoms with E-state index in [4.69, 9.17) is 10.5 Å². The fourth-order valence-corrected chi connectivity index (χ4v) is 3.38. The first-order chi connectivity index (χ1) is 12.5. The number of para-hydroxylation sites is 2. The third-order valence-corrected chi connectivity index (χ3v) is 4.93. The Kier molecular flexibility index (Phi) is 4.90. The summed E-state index contributed by atoms with van der Waals surface area (Å²) in [5.41, 5.74) is 5.50. The highest BCUT2D eigenvalue weighted by atomic mass is 32.2. The topological polar surface area (TPSA) is 98.5 Å². The van der Waals surface area contributed by atoms with Gasteiger partial charge in [-0.05, 0) is 48.5 Å². The largest absolute Gasteiger partial charge is 0.457 e. The zero-order chi connectivity index (χ0) is 18.6. The normalized spacial score (nSPS) is 10.9. The first-order valence-corrected chi connectivity index (χ1v) is 9.19. The maximum absolute atomic E-state index is 12.5. The smallest absolute Gasteiger partial charge is 0.261 e. The molecule has 3 rings (SSSR count). The molecule has 0 spiro atoms. The summed E-state index contributed by atoms with van der Waals surface area (Å²) in [5, 5.41) is 0. The molecular formula is C19H16N2O4S. The van der Waals surface area contributed by atoms with Crippen molar-refractivity contribution in [3.8, 4) is 11.5 Å². The van der Waals surface area contributed by atoms with Crippen molar-refractivity contribution < 1.29 is 17.9 Å². The highest BCUT2D eigenvalue weighted by Gasteiger charge is 2.17. The quantitative estimate of drug-likeness (QED) is 0.697. The number of primary amides is 1. The standard InChI is InChI=1S/C19H16N2O4S/c20-19(22)17-8-4-5-9-18(17)21-26(23,24)16-12-10-15(11-13-16)25-14-6-2-1-3-7-14/h1-13,21H,(H2,20,22). The van der Waals surface area contributed by atoms with Gasteiger partial charge in [0.2, 0.25) is 0 Å². The molecule has 0 aromatic heterocycles. The lowest BCUT2D eigenvalue weighted by atomic mass is 10.2. The van der Waals surface area contributed by atoms with Crippen LogP contribution in [0.15, 0.2) is 83.8 Å². The molecule has 0 saturated carbocycles. The number of ether oxygens (including phenoxy) is 1. The van der Waals surface area contributed by atoms with Crippen LogP contribution in [-0.2, 0) is 10.0 Å². The van der Waals surface area contributed by atoms with Crippen LogP contribution >= 0.6 is 0 Å². The average molecular weight is 368 g/mol. The van der Waals surface area contributed by atoms with Gasteiger partial charge in [0.15, 0.2) is 0 Å². The van der Waals surface area contributed by atoms with Crippen LogP contribution in [0.3, 0.4) is 0 Å². The van der Waals surface area contributed by atoms with E-state index in [1.54, 1.807) is 36.4 Å². The molecule has 0 heterocycles. The number of carbonyl (C=O) groups excluding carboxylic acids is 1. The van der Waals surface area contributed by atoms with E-state index in [1.165, 1.54) is 24.3 Å². The number of nitrogens with one attached hydrogen (secondary N) is 1. The van der Waals surface area contributed by atoms with Crippen LogP contribution in [0, 0.1) is 0 Å². The Morgan fingerprint density at radius 2 is 1.38 bits per heavy atom. The van der Waals surface area contributed by atoms with Gasteiger partial charge in [-0.2, -0.15) is 0 Å². The van der Waals surface area contributed by atoms with E-state index in [0.717, 1.165) is 0 Å². The van der Waals surface area contributed by atoms with Crippen molar-refractivity contribution in [3.63, 3.8) is 0 Å². The summed E-state index contributed by atoms with van der Waals surface area (Å²) >= 11 is 0. The van der Waals surface area contributed by atoms with Gasteiger partial charge in [0.25, 0.3) is 15.9 Å². The molecule has 0 aliphatic carbocycles. The molecule has 3 N–H and O–H groups in total. The van der Waals surface area contributed by atoms with Crippen LogP contribution in [0.1, 0.15) is 10.4 Å². The van der Waals surface area contributed by atoms with Gasteiger partial charge in [0.05, 0.1) is 16.1 Å². The molecule has 0 atom stereocenters. The van der Waals surface area contributed by atoms with Crippen molar-refractivity contribution in [2.75, 3.05) is 4.72 Å². The van der Waals surface area contributed by atoms with E-state index >= 15 is 0 Å². The monoisotopic (exact) mass is 368 g/mol. The molecule has 26 heavy (non-hydrogen) atoms. The Morgan fingerprint density at radius 3 is 2.04 bits per heavy atom. The molecule has 0 unspecified atom stereocenters. The van der Waals surface area contributed by atoms with E-state index in [0.29, 0.717) is 11.5 Å². The zero-order valence-corrected chi connectivity index (χ0v) is 14.4. The number of hydrogen-bond acceptors (Lipinski definition) is 4. The van der Waals surface area contributed by atoms with Crippen LogP contribution in [-0.4, -0.2) is 14.3 Å². The summed E-state index contributed by atoms with van der Waals surface area (Å²) in [6.45, 7) is 0. The second kappa shape index (κ2) is 7.28. The van der Waals surface area contributed by atoms with Crippen LogP contribution in [0.5, 0.6) is 11.5 Å². The predicted molar refractivity (Wildman–Crippen MR) is 98.7 cm³/mol. The Labute approximate surface area is 151 Å². The number of hydrogen-bond donors (Lipinski definition) is 2. The van der Waals surface area contributed by atoms with Gasteiger partial charge in [-0.1, -0.05) is 30.3 Å².